The minimum absolute atomic E-state index is 0.257. The van der Waals surface area contributed by atoms with Crippen LogP contribution >= 0.6 is 11.3 Å². The van der Waals surface area contributed by atoms with Crippen molar-refractivity contribution in [3.8, 4) is 0 Å². The molecule has 1 atom stereocenters. The summed E-state index contributed by atoms with van der Waals surface area (Å²) in [4.78, 5) is 11.9. The van der Waals surface area contributed by atoms with Gasteiger partial charge in [-0.05, 0) is 17.9 Å². The van der Waals surface area contributed by atoms with E-state index in [-0.39, 0.29) is 6.03 Å². The third-order valence-electron chi connectivity index (χ3n) is 3.19. The van der Waals surface area contributed by atoms with Crippen LogP contribution in [-0.4, -0.2) is 29.0 Å². The maximum absolute atomic E-state index is 11.9. The summed E-state index contributed by atoms with van der Waals surface area (Å²) in [5.41, 5.74) is 0.794. The lowest BCUT2D eigenvalue weighted by molar-refractivity contribution is 0.181. The molecule has 0 aromatic carbocycles. The Morgan fingerprint density at radius 3 is 3.20 bits per heavy atom. The van der Waals surface area contributed by atoms with Crippen LogP contribution in [0.4, 0.5) is 16.3 Å². The number of hydrogen-bond donors (Lipinski definition) is 2. The number of thiophene rings is 1. The molecule has 7 heteroatoms. The molecule has 1 aliphatic heterocycles. The summed E-state index contributed by atoms with van der Waals surface area (Å²) in [6.07, 6.45) is 2.73. The molecule has 0 unspecified atom stereocenters. The molecule has 106 valence electrons. The van der Waals surface area contributed by atoms with Crippen molar-refractivity contribution in [2.75, 3.05) is 23.8 Å². The van der Waals surface area contributed by atoms with Crippen LogP contribution in [0.25, 0.3) is 0 Å². The lowest BCUT2D eigenvalue weighted by Gasteiger charge is -2.12. The first kappa shape index (κ1) is 13.1. The summed E-state index contributed by atoms with van der Waals surface area (Å²) >= 11 is 1.54. The highest BCUT2D eigenvalue weighted by Gasteiger charge is 2.18. The van der Waals surface area contributed by atoms with Gasteiger partial charge in [0.05, 0.1) is 18.5 Å². The van der Waals surface area contributed by atoms with Crippen molar-refractivity contribution in [1.29, 1.82) is 0 Å². The summed E-state index contributed by atoms with van der Waals surface area (Å²) < 4.78 is 7.17. The van der Waals surface area contributed by atoms with Gasteiger partial charge in [0.15, 0.2) is 0 Å². The highest BCUT2D eigenvalue weighted by Crippen LogP contribution is 2.18. The van der Waals surface area contributed by atoms with E-state index in [2.05, 4.69) is 15.7 Å². The van der Waals surface area contributed by atoms with Crippen LogP contribution in [-0.2, 0) is 11.3 Å². The van der Waals surface area contributed by atoms with Gasteiger partial charge in [0.1, 0.15) is 5.82 Å². The van der Waals surface area contributed by atoms with Gasteiger partial charge in [-0.15, -0.1) is 0 Å². The van der Waals surface area contributed by atoms with E-state index in [1.54, 1.807) is 23.6 Å². The molecule has 0 aliphatic carbocycles. The molecule has 6 nitrogen and oxygen atoms in total. The quantitative estimate of drug-likeness (QED) is 0.910. The number of nitrogens with one attached hydrogen (secondary N) is 2. The van der Waals surface area contributed by atoms with Crippen LogP contribution in [0.3, 0.4) is 0 Å². The number of ether oxygens (including phenoxy) is 1. The number of amides is 2. The number of urea groups is 1. The predicted octanol–water partition coefficient (Wildman–Crippen LogP) is 2.63. The molecule has 3 rings (SSSR count). The molecule has 2 aromatic rings. The average molecular weight is 292 g/mol. The summed E-state index contributed by atoms with van der Waals surface area (Å²) in [6, 6.07) is 3.40. The van der Waals surface area contributed by atoms with Gasteiger partial charge in [0.2, 0.25) is 0 Å². The molecule has 1 aliphatic rings. The standard InChI is InChI=1S/C13H16N4O2S/c18-13(15-11-3-6-20-9-11)16-12-1-4-14-17(12)7-10-2-5-19-8-10/h1,3-4,6,9-10H,2,5,7-8H2,(H2,15,16,18)/t10-/m1/s1. The van der Waals surface area contributed by atoms with E-state index in [1.165, 1.54) is 0 Å². The zero-order valence-corrected chi connectivity index (χ0v) is 11.7. The Balaban J connectivity index is 1.59. The van der Waals surface area contributed by atoms with E-state index in [9.17, 15) is 4.79 Å². The smallest absolute Gasteiger partial charge is 0.324 e. The van der Waals surface area contributed by atoms with Crippen LogP contribution in [0.5, 0.6) is 0 Å². The third kappa shape index (κ3) is 3.17. The molecule has 0 saturated carbocycles. The maximum Gasteiger partial charge on any atom is 0.324 e. The largest absolute Gasteiger partial charge is 0.381 e. The van der Waals surface area contributed by atoms with Crippen molar-refractivity contribution in [2.24, 2.45) is 5.92 Å². The van der Waals surface area contributed by atoms with Crippen molar-refractivity contribution in [3.05, 3.63) is 29.1 Å². The van der Waals surface area contributed by atoms with Crippen LogP contribution in [0.1, 0.15) is 6.42 Å². The second kappa shape index (κ2) is 6.06. The minimum Gasteiger partial charge on any atom is -0.381 e. The van der Waals surface area contributed by atoms with Gasteiger partial charge in [0, 0.05) is 30.5 Å². The molecule has 0 bridgehead atoms. The van der Waals surface area contributed by atoms with E-state index >= 15 is 0 Å². The van der Waals surface area contributed by atoms with Gasteiger partial charge in [-0.3, -0.25) is 5.32 Å². The molecule has 2 aromatic heterocycles. The van der Waals surface area contributed by atoms with E-state index in [0.29, 0.717) is 11.7 Å². The fourth-order valence-electron chi connectivity index (χ4n) is 2.17. The van der Waals surface area contributed by atoms with Crippen molar-refractivity contribution in [2.45, 2.75) is 13.0 Å². The number of rotatable bonds is 4. The molecule has 0 radical (unpaired) electrons. The molecule has 1 fully saturated rings. The molecular formula is C13H16N4O2S. The van der Waals surface area contributed by atoms with Gasteiger partial charge in [-0.1, -0.05) is 0 Å². The van der Waals surface area contributed by atoms with Gasteiger partial charge in [-0.25, -0.2) is 9.48 Å². The van der Waals surface area contributed by atoms with Gasteiger partial charge < -0.3 is 10.1 Å². The summed E-state index contributed by atoms with van der Waals surface area (Å²) in [6.45, 7) is 2.34. The van der Waals surface area contributed by atoms with Crippen molar-refractivity contribution in [1.82, 2.24) is 9.78 Å². The van der Waals surface area contributed by atoms with Crippen molar-refractivity contribution in [3.63, 3.8) is 0 Å². The first-order chi connectivity index (χ1) is 9.81. The normalized spacial score (nSPS) is 18.1. The third-order valence-corrected chi connectivity index (χ3v) is 3.88. The monoisotopic (exact) mass is 292 g/mol. The number of carbonyl (C=O) groups is 1. The molecule has 2 amide bonds. The Bertz CT molecular complexity index is 561. The highest BCUT2D eigenvalue weighted by molar-refractivity contribution is 7.08. The second-order valence-corrected chi connectivity index (χ2v) is 5.50. The second-order valence-electron chi connectivity index (χ2n) is 4.72. The molecular weight excluding hydrogens is 276 g/mol. The molecule has 1 saturated heterocycles. The Kier molecular flexibility index (Phi) is 3.98. The van der Waals surface area contributed by atoms with Crippen molar-refractivity contribution < 1.29 is 9.53 Å². The Hall–Kier alpha value is -1.86. The summed E-state index contributed by atoms with van der Waals surface area (Å²) in [5.74, 6) is 1.17. The molecule has 2 N–H and O–H groups in total. The zero-order valence-electron chi connectivity index (χ0n) is 10.9. The molecule has 20 heavy (non-hydrogen) atoms. The van der Waals surface area contributed by atoms with E-state index in [1.807, 2.05) is 21.5 Å². The maximum atomic E-state index is 11.9. The Morgan fingerprint density at radius 2 is 2.45 bits per heavy atom. The van der Waals surface area contributed by atoms with E-state index < -0.39 is 0 Å². The van der Waals surface area contributed by atoms with Crippen LogP contribution in [0.2, 0.25) is 0 Å². The van der Waals surface area contributed by atoms with E-state index in [4.69, 9.17) is 4.74 Å². The first-order valence-electron chi connectivity index (χ1n) is 6.51. The fourth-order valence-corrected chi connectivity index (χ4v) is 2.76. The molecule has 0 spiro atoms. The predicted molar refractivity (Wildman–Crippen MR) is 78.1 cm³/mol. The average Bonchev–Trinajstić information content (AvgIpc) is 3.14. The number of aromatic nitrogens is 2. The first-order valence-corrected chi connectivity index (χ1v) is 7.45. The highest BCUT2D eigenvalue weighted by atomic mass is 32.1. The topological polar surface area (TPSA) is 68.2 Å². The molecule has 3 heterocycles. The van der Waals surface area contributed by atoms with Crippen LogP contribution in [0.15, 0.2) is 29.1 Å². The number of hydrogen-bond acceptors (Lipinski definition) is 4. The Labute approximate surface area is 120 Å². The minimum atomic E-state index is -0.257. The lowest BCUT2D eigenvalue weighted by atomic mass is 10.1. The van der Waals surface area contributed by atoms with Gasteiger partial charge in [-0.2, -0.15) is 16.4 Å². The lowest BCUT2D eigenvalue weighted by Crippen LogP contribution is -2.22. The zero-order chi connectivity index (χ0) is 13.8. The SMILES string of the molecule is O=C(Nc1ccsc1)Nc1ccnn1C[C@H]1CCOC1. The number of nitrogens with zero attached hydrogens (tertiary/aromatic N) is 2. The number of anilines is 2. The van der Waals surface area contributed by atoms with Gasteiger partial charge >= 0.3 is 6.03 Å². The summed E-state index contributed by atoms with van der Waals surface area (Å²) in [5, 5.41) is 13.6. The Morgan fingerprint density at radius 1 is 1.50 bits per heavy atom. The van der Waals surface area contributed by atoms with E-state index in [0.717, 1.165) is 31.9 Å². The van der Waals surface area contributed by atoms with Crippen molar-refractivity contribution >= 4 is 28.9 Å². The van der Waals surface area contributed by atoms with Gasteiger partial charge in [0.25, 0.3) is 0 Å². The van der Waals surface area contributed by atoms with Crippen LogP contribution in [0, 0.1) is 5.92 Å². The number of carbonyl (C=O) groups excluding carboxylic acids is 1. The summed E-state index contributed by atoms with van der Waals surface area (Å²) in [7, 11) is 0. The fraction of sp³-hybridized carbons (Fsp3) is 0.385. The van der Waals surface area contributed by atoms with Crippen LogP contribution < -0.4 is 10.6 Å².